The van der Waals surface area contributed by atoms with Gasteiger partial charge in [-0.25, -0.2) is 4.90 Å². The van der Waals surface area contributed by atoms with E-state index >= 15 is 0 Å². The fourth-order valence-corrected chi connectivity index (χ4v) is 4.44. The highest BCUT2D eigenvalue weighted by Gasteiger charge is 2.44. The number of morpholine rings is 1. The Morgan fingerprint density at radius 2 is 1.52 bits per heavy atom. The van der Waals surface area contributed by atoms with E-state index in [0.717, 1.165) is 5.56 Å². The molecule has 0 saturated carbocycles. The van der Waals surface area contributed by atoms with E-state index in [2.05, 4.69) is 0 Å². The molecule has 31 heavy (non-hydrogen) atoms. The maximum Gasteiger partial charge on any atom is 0.282 e. The van der Waals surface area contributed by atoms with Crippen molar-refractivity contribution < 1.29 is 23.8 Å². The second-order valence-corrected chi connectivity index (χ2v) is 8.03. The molecule has 0 bridgehead atoms. The van der Waals surface area contributed by atoms with E-state index in [0.29, 0.717) is 54.8 Å². The van der Waals surface area contributed by atoms with Crippen molar-refractivity contribution in [2.45, 2.75) is 26.1 Å². The third-order valence-electron chi connectivity index (χ3n) is 5.64. The van der Waals surface area contributed by atoms with Crippen LogP contribution in [-0.2, 0) is 14.3 Å². The molecule has 3 heterocycles. The summed E-state index contributed by atoms with van der Waals surface area (Å²) < 4.78 is 17.1. The second-order valence-electron chi connectivity index (χ2n) is 8.03. The van der Waals surface area contributed by atoms with Gasteiger partial charge in [-0.05, 0) is 31.5 Å². The summed E-state index contributed by atoms with van der Waals surface area (Å²) in [6.45, 7) is 5.95. The van der Waals surface area contributed by atoms with Crippen molar-refractivity contribution in [3.8, 4) is 11.5 Å². The van der Waals surface area contributed by atoms with E-state index in [1.54, 1.807) is 18.2 Å². The summed E-state index contributed by atoms with van der Waals surface area (Å²) in [6.07, 6.45) is -0.0842. The van der Waals surface area contributed by atoms with Crippen LogP contribution in [0.5, 0.6) is 11.5 Å². The Kier molecular flexibility index (Phi) is 4.90. The van der Waals surface area contributed by atoms with E-state index in [1.165, 1.54) is 4.90 Å². The van der Waals surface area contributed by atoms with Gasteiger partial charge in [-0.3, -0.25) is 9.59 Å². The van der Waals surface area contributed by atoms with Crippen molar-refractivity contribution in [1.29, 1.82) is 0 Å². The largest absolute Gasteiger partial charge is 0.486 e. The molecule has 2 atom stereocenters. The van der Waals surface area contributed by atoms with Crippen LogP contribution in [-0.4, -0.2) is 55.2 Å². The lowest BCUT2D eigenvalue weighted by Crippen LogP contribution is -2.47. The lowest BCUT2D eigenvalue weighted by molar-refractivity contribution is -0.121. The summed E-state index contributed by atoms with van der Waals surface area (Å²) in [6, 6.07) is 14.5. The Labute approximate surface area is 180 Å². The topological polar surface area (TPSA) is 68.3 Å². The van der Waals surface area contributed by atoms with Gasteiger partial charge in [0.1, 0.15) is 18.9 Å². The number of fused-ring (bicyclic) bond motifs is 1. The predicted octanol–water partition coefficient (Wildman–Crippen LogP) is 2.85. The SMILES string of the molecule is CC1CN(C2=C(c3ccccc3)C(=O)N(c3ccc4c(c3)OCCO4)C2=O)CC(C)O1. The molecule has 3 aliphatic rings. The Morgan fingerprint density at radius 1 is 0.839 bits per heavy atom. The molecule has 0 spiro atoms. The average molecular weight is 420 g/mol. The van der Waals surface area contributed by atoms with E-state index in [-0.39, 0.29) is 24.0 Å². The maximum atomic E-state index is 13.7. The van der Waals surface area contributed by atoms with Crippen LogP contribution in [0.4, 0.5) is 5.69 Å². The minimum atomic E-state index is -0.338. The predicted molar refractivity (Wildman–Crippen MR) is 115 cm³/mol. The van der Waals surface area contributed by atoms with Crippen LogP contribution < -0.4 is 14.4 Å². The summed E-state index contributed by atoms with van der Waals surface area (Å²) in [5.74, 6) is 0.477. The summed E-state index contributed by atoms with van der Waals surface area (Å²) in [4.78, 5) is 30.5. The molecule has 0 N–H and O–H groups in total. The first-order valence-electron chi connectivity index (χ1n) is 10.5. The molecular formula is C24H24N2O5. The number of hydrogen-bond acceptors (Lipinski definition) is 6. The minimum Gasteiger partial charge on any atom is -0.486 e. The molecule has 7 heteroatoms. The van der Waals surface area contributed by atoms with E-state index in [9.17, 15) is 9.59 Å². The minimum absolute atomic E-state index is 0.0421. The van der Waals surface area contributed by atoms with Gasteiger partial charge in [0.05, 0.1) is 23.5 Å². The summed E-state index contributed by atoms with van der Waals surface area (Å²) in [7, 11) is 0. The molecule has 2 amide bonds. The average Bonchev–Trinajstić information content (AvgIpc) is 3.03. The molecule has 7 nitrogen and oxygen atoms in total. The lowest BCUT2D eigenvalue weighted by Gasteiger charge is -2.37. The number of benzene rings is 2. The van der Waals surface area contributed by atoms with Crippen molar-refractivity contribution in [2.75, 3.05) is 31.2 Å². The van der Waals surface area contributed by atoms with Gasteiger partial charge < -0.3 is 19.1 Å². The number of amides is 2. The van der Waals surface area contributed by atoms with Crippen molar-refractivity contribution >= 4 is 23.1 Å². The zero-order valence-corrected chi connectivity index (χ0v) is 17.5. The fraction of sp³-hybridized carbons (Fsp3) is 0.333. The lowest BCUT2D eigenvalue weighted by atomic mass is 10.0. The van der Waals surface area contributed by atoms with Crippen LogP contribution in [0.2, 0.25) is 0 Å². The normalized spacial score (nSPS) is 23.5. The number of anilines is 1. The van der Waals surface area contributed by atoms with E-state index in [1.807, 2.05) is 49.1 Å². The van der Waals surface area contributed by atoms with Gasteiger partial charge in [-0.2, -0.15) is 0 Å². The molecule has 5 rings (SSSR count). The van der Waals surface area contributed by atoms with Gasteiger partial charge in [-0.1, -0.05) is 30.3 Å². The first-order chi connectivity index (χ1) is 15.0. The Morgan fingerprint density at radius 3 is 2.23 bits per heavy atom. The number of imide groups is 1. The Balaban J connectivity index is 1.59. The number of rotatable bonds is 3. The molecule has 2 unspecified atom stereocenters. The van der Waals surface area contributed by atoms with Gasteiger partial charge in [0.2, 0.25) is 0 Å². The molecule has 0 radical (unpaired) electrons. The molecule has 0 aromatic heterocycles. The molecule has 3 aliphatic heterocycles. The monoisotopic (exact) mass is 420 g/mol. The number of ether oxygens (including phenoxy) is 3. The zero-order chi connectivity index (χ0) is 21.5. The van der Waals surface area contributed by atoms with E-state index in [4.69, 9.17) is 14.2 Å². The Bertz CT molecular complexity index is 1050. The van der Waals surface area contributed by atoms with Crippen molar-refractivity contribution in [3.05, 3.63) is 59.8 Å². The summed E-state index contributed by atoms with van der Waals surface area (Å²) >= 11 is 0. The van der Waals surface area contributed by atoms with Crippen LogP contribution in [0.25, 0.3) is 5.57 Å². The van der Waals surface area contributed by atoms with Crippen LogP contribution in [0, 0.1) is 0 Å². The Hall–Kier alpha value is -3.32. The van der Waals surface area contributed by atoms with Gasteiger partial charge in [-0.15, -0.1) is 0 Å². The van der Waals surface area contributed by atoms with Gasteiger partial charge in [0.25, 0.3) is 11.8 Å². The third kappa shape index (κ3) is 3.45. The smallest absolute Gasteiger partial charge is 0.282 e. The molecule has 1 fully saturated rings. The number of carbonyl (C=O) groups is 2. The van der Waals surface area contributed by atoms with Crippen molar-refractivity contribution in [3.63, 3.8) is 0 Å². The molecule has 160 valence electrons. The van der Waals surface area contributed by atoms with Gasteiger partial charge >= 0.3 is 0 Å². The third-order valence-corrected chi connectivity index (χ3v) is 5.64. The first kappa shape index (κ1) is 19.6. The molecule has 1 saturated heterocycles. The standard InChI is InChI=1S/C24H24N2O5/c1-15-13-25(14-16(2)31-15)22-21(17-6-4-3-5-7-17)23(27)26(24(22)28)18-8-9-19-20(12-18)30-11-10-29-19/h3-9,12,15-16H,10-11,13-14H2,1-2H3. The van der Waals surface area contributed by atoms with E-state index < -0.39 is 0 Å². The highest BCUT2D eigenvalue weighted by molar-refractivity contribution is 6.45. The van der Waals surface area contributed by atoms with Gasteiger partial charge in [0.15, 0.2) is 11.5 Å². The van der Waals surface area contributed by atoms with Gasteiger partial charge in [0, 0.05) is 19.2 Å². The summed E-state index contributed by atoms with van der Waals surface area (Å²) in [5, 5.41) is 0. The molecule has 0 aliphatic carbocycles. The summed E-state index contributed by atoms with van der Waals surface area (Å²) in [5.41, 5.74) is 2.04. The number of hydrogen-bond donors (Lipinski definition) is 0. The maximum absolute atomic E-state index is 13.7. The van der Waals surface area contributed by atoms with Crippen LogP contribution in [0.1, 0.15) is 19.4 Å². The number of carbonyl (C=O) groups excluding carboxylic acids is 2. The van der Waals surface area contributed by atoms with Crippen molar-refractivity contribution in [1.82, 2.24) is 4.90 Å². The van der Waals surface area contributed by atoms with Crippen molar-refractivity contribution in [2.24, 2.45) is 0 Å². The highest BCUT2D eigenvalue weighted by atomic mass is 16.6. The fourth-order valence-electron chi connectivity index (χ4n) is 4.44. The quantitative estimate of drug-likeness (QED) is 0.712. The first-order valence-corrected chi connectivity index (χ1v) is 10.5. The molecule has 2 aromatic rings. The second kappa shape index (κ2) is 7.74. The van der Waals surface area contributed by atoms with Crippen LogP contribution >= 0.6 is 0 Å². The van der Waals surface area contributed by atoms with Crippen LogP contribution in [0.3, 0.4) is 0 Å². The molecule has 2 aromatic carbocycles. The number of nitrogens with zero attached hydrogens (tertiary/aromatic N) is 2. The molecular weight excluding hydrogens is 396 g/mol. The van der Waals surface area contributed by atoms with Crippen LogP contribution in [0.15, 0.2) is 54.2 Å². The zero-order valence-electron chi connectivity index (χ0n) is 17.5. The highest BCUT2D eigenvalue weighted by Crippen LogP contribution is 2.39.